The third kappa shape index (κ3) is 2.65. The molecule has 0 spiro atoms. The topological polar surface area (TPSA) is 29.5 Å². The molecule has 4 heteroatoms. The molecule has 0 unspecified atom stereocenters. The predicted molar refractivity (Wildman–Crippen MR) is 70.1 cm³/mol. The zero-order valence-corrected chi connectivity index (χ0v) is 10.6. The van der Waals surface area contributed by atoms with E-state index < -0.39 is 0 Å². The van der Waals surface area contributed by atoms with Crippen molar-refractivity contribution in [2.75, 3.05) is 7.11 Å². The number of methoxy groups -OCH3 is 1. The summed E-state index contributed by atoms with van der Waals surface area (Å²) < 4.78 is 5.11. The van der Waals surface area contributed by atoms with E-state index in [0.717, 1.165) is 5.56 Å². The number of ether oxygens (including phenoxy) is 1. The van der Waals surface area contributed by atoms with Crippen LogP contribution in [0.5, 0.6) is 11.5 Å². The Bertz CT molecular complexity index is 533. The van der Waals surface area contributed by atoms with E-state index in [9.17, 15) is 5.11 Å². The Morgan fingerprint density at radius 2 is 1.65 bits per heavy atom. The number of phenolic OH excluding ortho intramolecular Hbond substituents is 1. The first kappa shape index (κ1) is 12.1. The zero-order valence-electron chi connectivity index (χ0n) is 9.08. The highest BCUT2D eigenvalue weighted by Crippen LogP contribution is 2.35. The summed E-state index contributed by atoms with van der Waals surface area (Å²) in [6.45, 7) is 0. The maximum atomic E-state index is 9.82. The Labute approximate surface area is 109 Å². The van der Waals surface area contributed by atoms with E-state index in [1.54, 1.807) is 43.5 Å². The molecule has 0 aliphatic heterocycles. The van der Waals surface area contributed by atoms with E-state index in [2.05, 4.69) is 0 Å². The van der Waals surface area contributed by atoms with Crippen molar-refractivity contribution in [3.05, 3.63) is 46.4 Å². The molecule has 0 fully saturated rings. The van der Waals surface area contributed by atoms with Gasteiger partial charge in [-0.2, -0.15) is 0 Å². The normalized spacial score (nSPS) is 10.3. The Morgan fingerprint density at radius 3 is 2.24 bits per heavy atom. The average Bonchev–Trinajstić information content (AvgIpc) is 2.28. The molecule has 0 saturated heterocycles. The molecule has 0 radical (unpaired) electrons. The van der Waals surface area contributed by atoms with E-state index >= 15 is 0 Å². The van der Waals surface area contributed by atoms with Gasteiger partial charge in [0.05, 0.1) is 7.11 Å². The second kappa shape index (κ2) is 4.86. The summed E-state index contributed by atoms with van der Waals surface area (Å²) in [5, 5.41) is 10.9. The fourth-order valence-corrected chi connectivity index (χ4v) is 2.11. The zero-order chi connectivity index (χ0) is 12.4. The van der Waals surface area contributed by atoms with Crippen molar-refractivity contribution in [2.45, 2.75) is 0 Å². The van der Waals surface area contributed by atoms with Crippen molar-refractivity contribution in [1.29, 1.82) is 0 Å². The lowest BCUT2D eigenvalue weighted by molar-refractivity contribution is 0.412. The number of hydrogen-bond donors (Lipinski definition) is 1. The van der Waals surface area contributed by atoms with Gasteiger partial charge in [-0.1, -0.05) is 23.2 Å². The summed E-state index contributed by atoms with van der Waals surface area (Å²) >= 11 is 11.9. The van der Waals surface area contributed by atoms with Gasteiger partial charge in [-0.15, -0.1) is 0 Å². The molecule has 2 rings (SSSR count). The first-order valence-corrected chi connectivity index (χ1v) is 5.69. The van der Waals surface area contributed by atoms with Gasteiger partial charge in [0.15, 0.2) is 0 Å². The van der Waals surface area contributed by atoms with Gasteiger partial charge in [-0.05, 0) is 42.0 Å². The van der Waals surface area contributed by atoms with Gasteiger partial charge in [0.1, 0.15) is 11.5 Å². The van der Waals surface area contributed by atoms with Crippen LogP contribution in [0.25, 0.3) is 11.1 Å². The van der Waals surface area contributed by atoms with Crippen LogP contribution in [0, 0.1) is 0 Å². The van der Waals surface area contributed by atoms with Crippen LogP contribution in [-0.2, 0) is 0 Å². The maximum Gasteiger partial charge on any atom is 0.123 e. The van der Waals surface area contributed by atoms with Crippen LogP contribution >= 0.6 is 23.2 Å². The second-order valence-corrected chi connectivity index (χ2v) is 4.41. The van der Waals surface area contributed by atoms with Crippen LogP contribution in [0.4, 0.5) is 0 Å². The highest BCUT2D eigenvalue weighted by atomic mass is 35.5. The summed E-state index contributed by atoms with van der Waals surface area (Å²) in [5.74, 6) is 0.818. The minimum atomic E-state index is 0.157. The molecule has 0 saturated carbocycles. The van der Waals surface area contributed by atoms with Crippen LogP contribution in [0.3, 0.4) is 0 Å². The van der Waals surface area contributed by atoms with E-state index in [0.29, 0.717) is 21.4 Å². The second-order valence-electron chi connectivity index (χ2n) is 3.54. The van der Waals surface area contributed by atoms with E-state index in [4.69, 9.17) is 27.9 Å². The Hall–Kier alpha value is -1.38. The number of rotatable bonds is 2. The van der Waals surface area contributed by atoms with Crippen LogP contribution in [-0.4, -0.2) is 12.2 Å². The minimum Gasteiger partial charge on any atom is -0.507 e. The molecule has 2 nitrogen and oxygen atoms in total. The van der Waals surface area contributed by atoms with Gasteiger partial charge in [-0.25, -0.2) is 0 Å². The highest BCUT2D eigenvalue weighted by molar-refractivity contribution is 6.35. The predicted octanol–water partition coefficient (Wildman–Crippen LogP) is 4.37. The molecule has 17 heavy (non-hydrogen) atoms. The van der Waals surface area contributed by atoms with Crippen molar-refractivity contribution >= 4 is 23.2 Å². The molecule has 1 N–H and O–H groups in total. The lowest BCUT2D eigenvalue weighted by Gasteiger charge is -2.08. The van der Waals surface area contributed by atoms with Gasteiger partial charge in [0, 0.05) is 15.6 Å². The van der Waals surface area contributed by atoms with Gasteiger partial charge in [-0.3, -0.25) is 0 Å². The molecule has 0 bridgehead atoms. The molecule has 0 aromatic heterocycles. The lowest BCUT2D eigenvalue weighted by Crippen LogP contribution is -1.85. The smallest absolute Gasteiger partial charge is 0.123 e. The standard InChI is InChI=1S/C13H10Cl2O2/c1-17-11-2-3-13(16)12(7-11)8-4-9(14)6-10(15)5-8/h2-7,16H,1H3. The van der Waals surface area contributed by atoms with E-state index in [-0.39, 0.29) is 5.75 Å². The van der Waals surface area contributed by atoms with Crippen molar-refractivity contribution in [2.24, 2.45) is 0 Å². The number of aromatic hydroxyl groups is 1. The minimum absolute atomic E-state index is 0.157. The lowest BCUT2D eigenvalue weighted by atomic mass is 10.0. The SMILES string of the molecule is COc1ccc(O)c(-c2cc(Cl)cc(Cl)c2)c1. The maximum absolute atomic E-state index is 9.82. The third-order valence-corrected chi connectivity index (χ3v) is 2.81. The van der Waals surface area contributed by atoms with Gasteiger partial charge < -0.3 is 9.84 Å². The van der Waals surface area contributed by atoms with Crippen molar-refractivity contribution < 1.29 is 9.84 Å². The molecule has 2 aromatic carbocycles. The van der Waals surface area contributed by atoms with Crippen molar-refractivity contribution in [1.82, 2.24) is 0 Å². The fourth-order valence-electron chi connectivity index (χ4n) is 1.58. The summed E-state index contributed by atoms with van der Waals surface area (Å²) in [4.78, 5) is 0. The molecule has 88 valence electrons. The van der Waals surface area contributed by atoms with Crippen molar-refractivity contribution in [3.63, 3.8) is 0 Å². The number of benzene rings is 2. The molecular formula is C13H10Cl2O2. The van der Waals surface area contributed by atoms with Crippen LogP contribution in [0.1, 0.15) is 0 Å². The molecule has 0 aliphatic rings. The Morgan fingerprint density at radius 1 is 1.00 bits per heavy atom. The molecule has 0 amide bonds. The first-order valence-electron chi connectivity index (χ1n) is 4.93. The highest BCUT2D eigenvalue weighted by Gasteiger charge is 2.08. The van der Waals surface area contributed by atoms with Gasteiger partial charge in [0.2, 0.25) is 0 Å². The Balaban J connectivity index is 2.58. The van der Waals surface area contributed by atoms with Gasteiger partial charge in [0.25, 0.3) is 0 Å². The summed E-state index contributed by atoms with van der Waals surface area (Å²) in [7, 11) is 1.57. The van der Waals surface area contributed by atoms with Crippen molar-refractivity contribution in [3.8, 4) is 22.6 Å². The molecular weight excluding hydrogens is 259 g/mol. The molecule has 0 atom stereocenters. The third-order valence-electron chi connectivity index (χ3n) is 2.38. The number of phenols is 1. The summed E-state index contributed by atoms with van der Waals surface area (Å²) in [5.41, 5.74) is 1.38. The van der Waals surface area contributed by atoms with Crippen LogP contribution in [0.2, 0.25) is 10.0 Å². The van der Waals surface area contributed by atoms with Gasteiger partial charge >= 0.3 is 0 Å². The number of halogens is 2. The average molecular weight is 269 g/mol. The first-order chi connectivity index (χ1) is 8.10. The van der Waals surface area contributed by atoms with Crippen LogP contribution in [0.15, 0.2) is 36.4 Å². The fraction of sp³-hybridized carbons (Fsp3) is 0.0769. The quantitative estimate of drug-likeness (QED) is 0.876. The van der Waals surface area contributed by atoms with E-state index in [1.807, 2.05) is 0 Å². The van der Waals surface area contributed by atoms with Crippen LogP contribution < -0.4 is 4.74 Å². The Kier molecular flexibility index (Phi) is 3.46. The molecule has 2 aromatic rings. The van der Waals surface area contributed by atoms with E-state index in [1.165, 1.54) is 0 Å². The number of hydrogen-bond acceptors (Lipinski definition) is 2. The summed E-state index contributed by atoms with van der Waals surface area (Å²) in [6.07, 6.45) is 0. The molecule has 0 heterocycles. The molecule has 0 aliphatic carbocycles. The largest absolute Gasteiger partial charge is 0.507 e. The monoisotopic (exact) mass is 268 g/mol. The summed E-state index contributed by atoms with van der Waals surface area (Å²) in [6, 6.07) is 10.1.